The number of sulfonamides is 1. The molecule has 0 unspecified atom stereocenters. The molecule has 1 atom stereocenters. The molecule has 0 saturated carbocycles. The van der Waals surface area contributed by atoms with Crippen LogP contribution in [0.3, 0.4) is 0 Å². The number of nitrogens with zero attached hydrogens (tertiary/aromatic N) is 1. The van der Waals surface area contributed by atoms with E-state index in [1.807, 2.05) is 61.5 Å². The first kappa shape index (κ1) is 32.8. The van der Waals surface area contributed by atoms with E-state index in [1.165, 1.54) is 12.1 Å². The summed E-state index contributed by atoms with van der Waals surface area (Å²) in [6, 6.07) is 22.3. The number of hydrogen-bond donors (Lipinski definition) is 2. The molecular formula is C32H41N3O6S. The van der Waals surface area contributed by atoms with Gasteiger partial charge in [0.15, 0.2) is 0 Å². The van der Waals surface area contributed by atoms with Crippen LogP contribution < -0.4 is 14.8 Å². The van der Waals surface area contributed by atoms with Crippen LogP contribution in [0.5, 0.6) is 5.75 Å². The van der Waals surface area contributed by atoms with Crippen LogP contribution in [0.25, 0.3) is 0 Å². The summed E-state index contributed by atoms with van der Waals surface area (Å²) in [5.41, 5.74) is 2.38. The third kappa shape index (κ3) is 9.68. The molecule has 0 aliphatic heterocycles. The number of hydrogen-bond acceptors (Lipinski definition) is 6. The van der Waals surface area contributed by atoms with E-state index in [-0.39, 0.29) is 29.7 Å². The fourth-order valence-corrected chi connectivity index (χ4v) is 5.53. The lowest BCUT2D eigenvalue weighted by molar-refractivity contribution is -0.141. The highest BCUT2D eigenvalue weighted by molar-refractivity contribution is 7.89. The molecule has 9 nitrogen and oxygen atoms in total. The molecule has 3 aromatic rings. The van der Waals surface area contributed by atoms with Gasteiger partial charge in [-0.3, -0.25) is 9.59 Å². The maximum absolute atomic E-state index is 13.9. The topological polar surface area (TPSA) is 114 Å². The van der Waals surface area contributed by atoms with Gasteiger partial charge in [0.1, 0.15) is 11.8 Å². The zero-order valence-corrected chi connectivity index (χ0v) is 25.4. The number of methoxy groups -OCH3 is 1. The van der Waals surface area contributed by atoms with Crippen molar-refractivity contribution in [1.29, 1.82) is 0 Å². The van der Waals surface area contributed by atoms with Gasteiger partial charge in [-0.15, -0.1) is 0 Å². The lowest BCUT2D eigenvalue weighted by Crippen LogP contribution is -2.43. The Morgan fingerprint density at radius 3 is 2.19 bits per heavy atom. The second-order valence-corrected chi connectivity index (χ2v) is 11.4. The molecule has 10 heteroatoms. The van der Waals surface area contributed by atoms with Crippen molar-refractivity contribution in [3.63, 3.8) is 0 Å². The Morgan fingerprint density at radius 1 is 0.905 bits per heavy atom. The van der Waals surface area contributed by atoms with E-state index < -0.39 is 16.1 Å². The Morgan fingerprint density at radius 2 is 1.57 bits per heavy atom. The van der Waals surface area contributed by atoms with Gasteiger partial charge in [0.05, 0.1) is 12.0 Å². The summed E-state index contributed by atoms with van der Waals surface area (Å²) in [6.07, 6.45) is 1.18. The van der Waals surface area contributed by atoms with Crippen molar-refractivity contribution < 1.29 is 27.5 Å². The largest absolute Gasteiger partial charge is 0.497 e. The number of amides is 2. The number of ether oxygens (including phenoxy) is 2. The van der Waals surface area contributed by atoms with E-state index in [0.717, 1.165) is 11.1 Å². The van der Waals surface area contributed by atoms with Gasteiger partial charge < -0.3 is 19.7 Å². The normalized spacial score (nSPS) is 12.0. The first-order valence-corrected chi connectivity index (χ1v) is 15.7. The summed E-state index contributed by atoms with van der Waals surface area (Å²) >= 11 is 0. The zero-order chi connectivity index (χ0) is 30.4. The van der Waals surface area contributed by atoms with Gasteiger partial charge in [-0.2, -0.15) is 0 Å². The molecule has 0 aliphatic rings. The van der Waals surface area contributed by atoms with Gasteiger partial charge in [0, 0.05) is 39.3 Å². The third-order valence-electron chi connectivity index (χ3n) is 6.67. The minimum absolute atomic E-state index is 0.135. The minimum Gasteiger partial charge on any atom is -0.497 e. The van der Waals surface area contributed by atoms with Crippen molar-refractivity contribution in [2.45, 2.75) is 50.6 Å². The Bertz CT molecular complexity index is 1360. The molecule has 2 amide bonds. The average molecular weight is 596 g/mol. The summed E-state index contributed by atoms with van der Waals surface area (Å²) in [6.45, 7) is 5.73. The zero-order valence-electron chi connectivity index (χ0n) is 24.5. The van der Waals surface area contributed by atoms with E-state index >= 15 is 0 Å². The molecule has 0 fully saturated rings. The van der Waals surface area contributed by atoms with Gasteiger partial charge in [0.25, 0.3) is 0 Å². The quantitative estimate of drug-likeness (QED) is 0.226. The van der Waals surface area contributed by atoms with Crippen LogP contribution in [0.15, 0.2) is 83.8 Å². The molecule has 0 aromatic heterocycles. The fraction of sp³-hybridized carbons (Fsp3) is 0.375. The first-order valence-electron chi connectivity index (χ1n) is 14.2. The van der Waals surface area contributed by atoms with Crippen molar-refractivity contribution >= 4 is 21.8 Å². The molecule has 0 bridgehead atoms. The average Bonchev–Trinajstić information content (AvgIpc) is 3.00. The minimum atomic E-state index is -3.56. The number of carbonyl (C=O) groups is 2. The molecule has 0 saturated heterocycles. The molecule has 0 radical (unpaired) electrons. The summed E-state index contributed by atoms with van der Waals surface area (Å²) in [7, 11) is -1.97. The lowest BCUT2D eigenvalue weighted by atomic mass is 10.0. The standard InChI is InChI=1S/C32H41N3O6S/c1-4-34-42(38,39)29-19-14-25(15-20-29)16-21-30(36)35(24-26-12-17-28(40-3)18-13-26)31(27-10-7-6-8-11-27)32(37)33-22-9-23-41-5-2/h6-8,10-15,17-20,31,34H,4-5,9,16,21-24H2,1-3H3,(H,33,37)/t31-/m1/s1. The number of carbonyl (C=O) groups excluding carboxylic acids is 2. The number of benzene rings is 3. The monoisotopic (exact) mass is 595 g/mol. The van der Waals surface area contributed by atoms with Crippen LogP contribution in [0.4, 0.5) is 0 Å². The molecule has 3 aromatic carbocycles. The van der Waals surface area contributed by atoms with Crippen LogP contribution in [0.1, 0.15) is 49.4 Å². The Hall–Kier alpha value is -3.73. The smallest absolute Gasteiger partial charge is 0.247 e. The highest BCUT2D eigenvalue weighted by Crippen LogP contribution is 2.26. The molecule has 2 N–H and O–H groups in total. The molecule has 3 rings (SSSR count). The van der Waals surface area contributed by atoms with Crippen LogP contribution in [-0.2, 0) is 37.3 Å². The van der Waals surface area contributed by atoms with Crippen LogP contribution in [0.2, 0.25) is 0 Å². The molecule has 226 valence electrons. The molecule has 0 spiro atoms. The van der Waals surface area contributed by atoms with E-state index in [0.29, 0.717) is 50.5 Å². The number of nitrogens with one attached hydrogen (secondary N) is 2. The predicted octanol–water partition coefficient (Wildman–Crippen LogP) is 4.24. The summed E-state index contributed by atoms with van der Waals surface area (Å²) < 4.78 is 37.7. The summed E-state index contributed by atoms with van der Waals surface area (Å²) in [5.74, 6) is 0.230. The third-order valence-corrected chi connectivity index (χ3v) is 8.23. The van der Waals surface area contributed by atoms with Gasteiger partial charge in [-0.25, -0.2) is 13.1 Å². The Balaban J connectivity index is 1.85. The van der Waals surface area contributed by atoms with Crippen LogP contribution >= 0.6 is 0 Å². The van der Waals surface area contributed by atoms with Crippen molar-refractivity contribution in [2.75, 3.05) is 33.4 Å². The first-order chi connectivity index (χ1) is 20.3. The highest BCUT2D eigenvalue weighted by Gasteiger charge is 2.31. The second kappa shape index (κ2) is 16.6. The predicted molar refractivity (Wildman–Crippen MR) is 162 cm³/mol. The maximum atomic E-state index is 13.9. The van der Waals surface area contributed by atoms with Crippen molar-refractivity contribution in [3.05, 3.63) is 95.6 Å². The van der Waals surface area contributed by atoms with Gasteiger partial charge in [-0.05, 0) is 60.7 Å². The van der Waals surface area contributed by atoms with E-state index in [1.54, 1.807) is 31.1 Å². The summed E-state index contributed by atoms with van der Waals surface area (Å²) in [4.78, 5) is 29.3. The van der Waals surface area contributed by atoms with Gasteiger partial charge in [0.2, 0.25) is 21.8 Å². The van der Waals surface area contributed by atoms with Crippen molar-refractivity contribution in [1.82, 2.24) is 14.9 Å². The van der Waals surface area contributed by atoms with Gasteiger partial charge >= 0.3 is 0 Å². The Kier molecular flexibility index (Phi) is 13.0. The van der Waals surface area contributed by atoms with Crippen molar-refractivity contribution in [3.8, 4) is 5.75 Å². The second-order valence-electron chi connectivity index (χ2n) is 9.67. The molecule has 0 heterocycles. The highest BCUT2D eigenvalue weighted by atomic mass is 32.2. The van der Waals surface area contributed by atoms with E-state index in [9.17, 15) is 18.0 Å². The van der Waals surface area contributed by atoms with E-state index in [4.69, 9.17) is 9.47 Å². The van der Waals surface area contributed by atoms with Gasteiger partial charge in [-0.1, -0.05) is 61.5 Å². The molecular weight excluding hydrogens is 554 g/mol. The number of rotatable bonds is 17. The van der Waals surface area contributed by atoms with Crippen LogP contribution in [0, 0.1) is 0 Å². The van der Waals surface area contributed by atoms with E-state index in [2.05, 4.69) is 10.0 Å². The van der Waals surface area contributed by atoms with Crippen LogP contribution in [-0.4, -0.2) is 58.5 Å². The Labute approximate surface area is 249 Å². The molecule has 0 aliphatic carbocycles. The maximum Gasteiger partial charge on any atom is 0.247 e. The van der Waals surface area contributed by atoms with Crippen molar-refractivity contribution in [2.24, 2.45) is 0 Å². The summed E-state index contributed by atoms with van der Waals surface area (Å²) in [5, 5.41) is 2.99. The fourth-order valence-electron chi connectivity index (χ4n) is 4.49. The number of aryl methyl sites for hydroxylation is 1. The lowest BCUT2D eigenvalue weighted by Gasteiger charge is -2.32. The SMILES string of the molecule is CCNS(=O)(=O)c1ccc(CCC(=O)N(Cc2ccc(OC)cc2)[C@@H](C(=O)NCCCOCC)c2ccccc2)cc1. The molecule has 42 heavy (non-hydrogen) atoms.